The van der Waals surface area contributed by atoms with E-state index in [0.29, 0.717) is 26.6 Å². The molecule has 0 bridgehead atoms. The molecule has 1 aliphatic rings. The lowest BCUT2D eigenvalue weighted by molar-refractivity contribution is -0.147. The van der Waals surface area contributed by atoms with Crippen LogP contribution in [-0.2, 0) is 19.3 Å². The maximum Gasteiger partial charge on any atom is 0.453 e. The summed E-state index contributed by atoms with van der Waals surface area (Å²) < 4.78 is 41.9. The van der Waals surface area contributed by atoms with Crippen LogP contribution in [0.5, 0.6) is 0 Å². The Bertz CT molecular complexity index is 1500. The van der Waals surface area contributed by atoms with Crippen molar-refractivity contribution in [1.82, 2.24) is 40.3 Å². The number of carbonyl (C=O) groups excluding carboxylic acids is 1. The molecule has 5 rings (SSSR count). The van der Waals surface area contributed by atoms with Crippen LogP contribution in [0.1, 0.15) is 46.0 Å². The minimum absolute atomic E-state index is 0.133. The molecular weight excluding hydrogens is 546 g/mol. The van der Waals surface area contributed by atoms with E-state index in [1.165, 1.54) is 10.9 Å². The van der Waals surface area contributed by atoms with Crippen LogP contribution in [0.4, 0.5) is 18.9 Å². The summed E-state index contributed by atoms with van der Waals surface area (Å²) in [7, 11) is 0. The third kappa shape index (κ3) is 5.58. The van der Waals surface area contributed by atoms with E-state index in [4.69, 9.17) is 23.2 Å². The largest absolute Gasteiger partial charge is 0.453 e. The van der Waals surface area contributed by atoms with Crippen molar-refractivity contribution in [1.29, 1.82) is 0 Å². The minimum Gasteiger partial charge on any atom is -0.379 e. The van der Waals surface area contributed by atoms with E-state index in [-0.39, 0.29) is 41.6 Å². The van der Waals surface area contributed by atoms with E-state index in [2.05, 4.69) is 36.2 Å². The lowest BCUT2D eigenvalue weighted by atomic mass is 10.1. The van der Waals surface area contributed by atoms with E-state index < -0.39 is 12.0 Å². The molecule has 0 aliphatic heterocycles. The number of hydrogen-bond acceptors (Lipinski definition) is 7. The van der Waals surface area contributed by atoms with E-state index in [9.17, 15) is 18.0 Å². The van der Waals surface area contributed by atoms with Gasteiger partial charge in [-0.1, -0.05) is 23.2 Å². The fourth-order valence-electron chi connectivity index (χ4n) is 3.89. The summed E-state index contributed by atoms with van der Waals surface area (Å²) in [5.74, 6) is -1.21. The first kappa shape index (κ1) is 25.9. The van der Waals surface area contributed by atoms with Crippen LogP contribution in [0, 0.1) is 6.92 Å². The molecule has 3 heterocycles. The van der Waals surface area contributed by atoms with Crippen LogP contribution in [0.25, 0.3) is 5.82 Å². The molecule has 0 atom stereocenters. The molecule has 10 nitrogen and oxygen atoms in total. The second-order valence-corrected chi connectivity index (χ2v) is 9.60. The molecule has 4 aromatic rings. The van der Waals surface area contributed by atoms with Gasteiger partial charge in [0, 0.05) is 17.3 Å². The van der Waals surface area contributed by atoms with Crippen molar-refractivity contribution in [2.24, 2.45) is 0 Å². The molecule has 1 aliphatic carbocycles. The number of rotatable bonds is 8. The zero-order valence-corrected chi connectivity index (χ0v) is 21.3. The molecule has 1 fully saturated rings. The smallest absolute Gasteiger partial charge is 0.379 e. The number of aryl methyl sites for hydroxylation is 1. The van der Waals surface area contributed by atoms with Gasteiger partial charge in [0.05, 0.1) is 40.8 Å². The number of aromatic nitrogens is 7. The molecule has 2 N–H and O–H groups in total. The van der Waals surface area contributed by atoms with Crippen LogP contribution in [0.15, 0.2) is 36.5 Å². The Labute approximate surface area is 224 Å². The number of amides is 1. The number of alkyl halides is 3. The number of nitrogens with zero attached hydrogens (tertiary/aromatic N) is 7. The first-order chi connectivity index (χ1) is 18.1. The molecule has 1 saturated carbocycles. The van der Waals surface area contributed by atoms with Crippen LogP contribution in [-0.4, -0.2) is 46.9 Å². The molecule has 38 heavy (non-hydrogen) atoms. The van der Waals surface area contributed by atoms with Gasteiger partial charge < -0.3 is 10.6 Å². The van der Waals surface area contributed by atoms with Crippen molar-refractivity contribution in [3.63, 3.8) is 0 Å². The predicted octanol–water partition coefficient (Wildman–Crippen LogP) is 4.44. The number of hydrogen-bond donors (Lipinski definition) is 2. The van der Waals surface area contributed by atoms with Crippen molar-refractivity contribution in [3.8, 4) is 5.82 Å². The summed E-state index contributed by atoms with van der Waals surface area (Å²) >= 11 is 12.6. The maximum absolute atomic E-state index is 13.3. The van der Waals surface area contributed by atoms with Gasteiger partial charge in [-0.25, -0.2) is 14.3 Å². The van der Waals surface area contributed by atoms with Crippen molar-refractivity contribution in [2.45, 2.75) is 45.1 Å². The van der Waals surface area contributed by atoms with Gasteiger partial charge in [-0.3, -0.25) is 4.79 Å². The quantitative estimate of drug-likeness (QED) is 0.324. The Morgan fingerprint density at radius 2 is 2.00 bits per heavy atom. The number of pyridine rings is 1. The second-order valence-electron chi connectivity index (χ2n) is 8.75. The van der Waals surface area contributed by atoms with Gasteiger partial charge in [0.15, 0.2) is 5.82 Å². The molecule has 0 saturated heterocycles. The van der Waals surface area contributed by atoms with E-state index in [1.54, 1.807) is 30.3 Å². The average Bonchev–Trinajstić information content (AvgIpc) is 3.37. The summed E-state index contributed by atoms with van der Waals surface area (Å²) in [4.78, 5) is 17.2. The fraction of sp³-hybridized carbons (Fsp3) is 0.304. The maximum atomic E-state index is 13.3. The van der Waals surface area contributed by atoms with E-state index in [0.717, 1.165) is 18.4 Å². The van der Waals surface area contributed by atoms with Crippen molar-refractivity contribution >= 4 is 34.8 Å². The fourth-order valence-corrected chi connectivity index (χ4v) is 4.36. The summed E-state index contributed by atoms with van der Waals surface area (Å²) in [5.41, 5.74) is 2.44. The molecule has 0 unspecified atom stereocenters. The highest BCUT2D eigenvalue weighted by Crippen LogP contribution is 2.30. The topological polar surface area (TPSA) is 115 Å². The zero-order valence-electron chi connectivity index (χ0n) is 19.8. The highest BCUT2D eigenvalue weighted by Gasteiger charge is 2.38. The SMILES string of the molecule is Cc1cc(Cl)cc(C(=O)NC2CC2)c1NCc1cc(Cn2nnnc2C(F)(F)F)nn1-c1ncccc1Cl. The standard InChI is InChI=1S/C23H20Cl2F3N9O/c1-12-7-13(24)8-17(21(38)31-14-4-5-14)19(12)30-10-16-9-15(11-36-22(23(26,27)28)32-34-35-36)33-37(16)20-18(25)3-2-6-29-20/h2-3,6-9,14,30H,4-5,10-11H2,1H3,(H,31,38). The monoisotopic (exact) mass is 565 g/mol. The van der Waals surface area contributed by atoms with Crippen molar-refractivity contribution < 1.29 is 18.0 Å². The molecule has 0 radical (unpaired) electrons. The third-order valence-corrected chi connectivity index (χ3v) is 6.29. The van der Waals surface area contributed by atoms with E-state index >= 15 is 0 Å². The summed E-state index contributed by atoms with van der Waals surface area (Å²) in [6, 6.07) is 8.32. The van der Waals surface area contributed by atoms with Gasteiger partial charge in [-0.15, -0.1) is 5.10 Å². The lowest BCUT2D eigenvalue weighted by Gasteiger charge is -2.16. The molecule has 1 aromatic carbocycles. The van der Waals surface area contributed by atoms with Crippen LogP contribution >= 0.6 is 23.2 Å². The highest BCUT2D eigenvalue weighted by atomic mass is 35.5. The number of nitrogens with one attached hydrogen (secondary N) is 2. The molecule has 15 heteroatoms. The molecule has 198 valence electrons. The van der Waals surface area contributed by atoms with Gasteiger partial charge in [-0.05, 0) is 66.1 Å². The van der Waals surface area contributed by atoms with Crippen LogP contribution < -0.4 is 10.6 Å². The van der Waals surface area contributed by atoms with E-state index in [1.807, 2.05) is 6.92 Å². The second kappa shape index (κ2) is 10.2. The Morgan fingerprint density at radius 3 is 2.71 bits per heavy atom. The first-order valence-corrected chi connectivity index (χ1v) is 12.2. The number of carbonyl (C=O) groups is 1. The van der Waals surface area contributed by atoms with Gasteiger partial charge in [-0.2, -0.15) is 18.3 Å². The van der Waals surface area contributed by atoms with Gasteiger partial charge in [0.1, 0.15) is 0 Å². The first-order valence-electron chi connectivity index (χ1n) is 11.5. The molecule has 0 spiro atoms. The summed E-state index contributed by atoms with van der Waals surface area (Å²) in [6.07, 6.45) is -1.35. The molecule has 1 amide bonds. The van der Waals surface area contributed by atoms with Crippen molar-refractivity contribution in [3.05, 3.63) is 74.9 Å². The van der Waals surface area contributed by atoms with Gasteiger partial charge >= 0.3 is 6.18 Å². The summed E-state index contributed by atoms with van der Waals surface area (Å²) in [6.45, 7) is 1.60. The number of tetrazole rings is 1. The molecular formula is C23H20Cl2F3N9O. The zero-order chi connectivity index (χ0) is 27.0. The van der Waals surface area contributed by atoms with Crippen LogP contribution in [0.2, 0.25) is 10.0 Å². The Morgan fingerprint density at radius 1 is 1.21 bits per heavy atom. The highest BCUT2D eigenvalue weighted by molar-refractivity contribution is 6.32. The Kier molecular flexibility index (Phi) is 6.97. The Balaban J connectivity index is 1.48. The Hall–Kier alpha value is -3.71. The van der Waals surface area contributed by atoms with Crippen molar-refractivity contribution in [2.75, 3.05) is 5.32 Å². The molecule has 3 aromatic heterocycles. The third-order valence-electron chi connectivity index (χ3n) is 5.77. The van der Waals surface area contributed by atoms with Gasteiger partial charge in [0.2, 0.25) is 0 Å². The number of anilines is 1. The predicted molar refractivity (Wildman–Crippen MR) is 132 cm³/mol. The van der Waals surface area contributed by atoms with Crippen LogP contribution in [0.3, 0.4) is 0 Å². The number of benzene rings is 1. The lowest BCUT2D eigenvalue weighted by Crippen LogP contribution is -2.26. The van der Waals surface area contributed by atoms with Gasteiger partial charge in [0.25, 0.3) is 11.7 Å². The summed E-state index contributed by atoms with van der Waals surface area (Å²) in [5, 5.41) is 21.0. The normalized spacial score (nSPS) is 13.5. The number of halogens is 5. The minimum atomic E-state index is -4.73. The average molecular weight is 566 g/mol.